The van der Waals surface area contributed by atoms with Crippen LogP contribution >= 0.6 is 23.2 Å². The van der Waals surface area contributed by atoms with Gasteiger partial charge < -0.3 is 9.64 Å². The number of ether oxygens (including phenoxy) is 1. The molecule has 0 aliphatic heterocycles. The van der Waals surface area contributed by atoms with Crippen molar-refractivity contribution in [1.29, 1.82) is 0 Å². The second-order valence-electron chi connectivity index (χ2n) is 6.23. The van der Waals surface area contributed by atoms with Crippen molar-refractivity contribution in [2.45, 2.75) is 19.8 Å². The summed E-state index contributed by atoms with van der Waals surface area (Å²) in [6.45, 7) is 2.47. The summed E-state index contributed by atoms with van der Waals surface area (Å²) in [4.78, 5) is 26.4. The summed E-state index contributed by atoms with van der Waals surface area (Å²) < 4.78 is 25.1. The second-order valence-corrected chi connectivity index (χ2v) is 7.01. The Morgan fingerprint density at radius 2 is 1.93 bits per heavy atom. The van der Waals surface area contributed by atoms with Gasteiger partial charge in [-0.1, -0.05) is 29.3 Å². The van der Waals surface area contributed by atoms with E-state index in [9.17, 15) is 13.6 Å². The third-order valence-corrected chi connectivity index (χ3v) is 4.76. The van der Waals surface area contributed by atoms with Crippen LogP contribution in [0.2, 0.25) is 10.0 Å². The first-order valence-corrected chi connectivity index (χ1v) is 9.12. The molecule has 0 bridgehead atoms. The molecule has 1 aliphatic carbocycles. The van der Waals surface area contributed by atoms with E-state index in [1.807, 2.05) is 12.1 Å². The maximum absolute atomic E-state index is 12.8. The maximum Gasteiger partial charge on any atom is 0.483 e. The van der Waals surface area contributed by atoms with Crippen molar-refractivity contribution in [1.82, 2.24) is 4.98 Å². The summed E-state index contributed by atoms with van der Waals surface area (Å²) in [7, 11) is 1.65. The zero-order valence-electron chi connectivity index (χ0n) is 15.2. The number of benzene rings is 1. The van der Waals surface area contributed by atoms with E-state index in [0.717, 1.165) is 0 Å². The Bertz CT molecular complexity index is 872. The van der Waals surface area contributed by atoms with Crippen LogP contribution in [0, 0.1) is 12.8 Å². The van der Waals surface area contributed by atoms with E-state index in [1.54, 1.807) is 26.1 Å². The Morgan fingerprint density at radius 1 is 1.29 bits per heavy atom. The molecule has 2 aromatic rings. The molecule has 0 atom stereocenters. The standard InChI is InChI=1S/C18H18Cl2N2O2.CF2O/c1-11-16(20)17(15(19)9-21-11)22(2)18(23)13-4-3-5-14(8-13)24-10-12-6-7-12;2-1(3)4/h3-5,8-9,12H,6-7,10H2,1-2H3;. The molecule has 28 heavy (non-hydrogen) atoms. The van der Waals surface area contributed by atoms with Crippen LogP contribution in [-0.4, -0.2) is 30.8 Å². The minimum atomic E-state index is -2.83. The van der Waals surface area contributed by atoms with Gasteiger partial charge in [-0.2, -0.15) is 0 Å². The smallest absolute Gasteiger partial charge is 0.483 e. The second kappa shape index (κ2) is 9.80. The van der Waals surface area contributed by atoms with E-state index in [1.165, 1.54) is 23.9 Å². The number of halogens is 4. The highest BCUT2D eigenvalue weighted by molar-refractivity contribution is 6.40. The average Bonchev–Trinajstić information content (AvgIpc) is 3.47. The van der Waals surface area contributed by atoms with E-state index in [2.05, 4.69) is 4.98 Å². The number of hydrogen-bond donors (Lipinski definition) is 0. The fourth-order valence-electron chi connectivity index (χ4n) is 2.37. The summed E-state index contributed by atoms with van der Waals surface area (Å²) in [5.74, 6) is 1.15. The lowest BCUT2D eigenvalue weighted by molar-refractivity contribution is 0.0992. The number of aromatic nitrogens is 1. The molecule has 0 spiro atoms. The summed E-state index contributed by atoms with van der Waals surface area (Å²) in [6, 6.07) is 7.16. The minimum Gasteiger partial charge on any atom is -0.493 e. The molecule has 1 aromatic carbocycles. The Labute approximate surface area is 171 Å². The van der Waals surface area contributed by atoms with Crippen LogP contribution < -0.4 is 9.64 Å². The lowest BCUT2D eigenvalue weighted by Gasteiger charge is -2.21. The average molecular weight is 431 g/mol. The van der Waals surface area contributed by atoms with Gasteiger partial charge in [0, 0.05) is 18.8 Å². The van der Waals surface area contributed by atoms with Crippen molar-refractivity contribution < 1.29 is 23.1 Å². The summed E-state index contributed by atoms with van der Waals surface area (Å²) in [5, 5.41) is 0.710. The zero-order valence-corrected chi connectivity index (χ0v) is 16.7. The predicted molar refractivity (Wildman–Crippen MR) is 104 cm³/mol. The summed E-state index contributed by atoms with van der Waals surface area (Å²) in [5.41, 5.74) is 1.60. The maximum atomic E-state index is 12.8. The van der Waals surface area contributed by atoms with Gasteiger partial charge in [-0.05, 0) is 43.9 Å². The summed E-state index contributed by atoms with van der Waals surface area (Å²) >= 11 is 12.5. The highest BCUT2D eigenvalue weighted by atomic mass is 35.5. The Morgan fingerprint density at radius 3 is 2.54 bits per heavy atom. The Hall–Kier alpha value is -2.25. The third kappa shape index (κ3) is 6.14. The van der Waals surface area contributed by atoms with Crippen molar-refractivity contribution in [3.63, 3.8) is 0 Å². The lowest BCUT2D eigenvalue weighted by Crippen LogP contribution is -2.27. The van der Waals surface area contributed by atoms with Crippen LogP contribution in [0.5, 0.6) is 5.75 Å². The van der Waals surface area contributed by atoms with Crippen molar-refractivity contribution in [3.05, 3.63) is 51.8 Å². The van der Waals surface area contributed by atoms with Crippen molar-refractivity contribution >= 4 is 41.1 Å². The molecule has 150 valence electrons. The van der Waals surface area contributed by atoms with Gasteiger partial charge in [-0.15, -0.1) is 8.78 Å². The van der Waals surface area contributed by atoms with Gasteiger partial charge in [0.15, 0.2) is 0 Å². The molecule has 1 saturated carbocycles. The van der Waals surface area contributed by atoms with Crippen LogP contribution in [0.25, 0.3) is 0 Å². The van der Waals surface area contributed by atoms with E-state index in [4.69, 9.17) is 32.7 Å². The SMILES string of the molecule is Cc1ncc(Cl)c(N(C)C(=O)c2cccc(OCC3CC3)c2)c1Cl.O=C(F)F. The molecule has 9 heteroatoms. The number of nitrogens with zero attached hydrogens (tertiary/aromatic N) is 2. The Balaban J connectivity index is 0.000000640. The molecule has 1 fully saturated rings. The first kappa shape index (κ1) is 22.0. The van der Waals surface area contributed by atoms with Gasteiger partial charge in [0.1, 0.15) is 5.75 Å². The molecule has 1 aliphatic rings. The van der Waals surface area contributed by atoms with Gasteiger partial charge in [-0.3, -0.25) is 9.78 Å². The van der Waals surface area contributed by atoms with Crippen molar-refractivity contribution in [3.8, 4) is 5.75 Å². The fraction of sp³-hybridized carbons (Fsp3) is 0.316. The fourth-order valence-corrected chi connectivity index (χ4v) is 2.96. The van der Waals surface area contributed by atoms with Gasteiger partial charge in [0.25, 0.3) is 5.91 Å². The molecule has 1 heterocycles. The topological polar surface area (TPSA) is 59.5 Å². The van der Waals surface area contributed by atoms with Crippen LogP contribution in [0.4, 0.5) is 19.3 Å². The molecular formula is C19H18Cl2F2N2O3. The van der Waals surface area contributed by atoms with Crippen molar-refractivity contribution in [2.24, 2.45) is 5.92 Å². The lowest BCUT2D eigenvalue weighted by atomic mass is 10.1. The minimum absolute atomic E-state index is 0.207. The van der Waals surface area contributed by atoms with Crippen LogP contribution in [-0.2, 0) is 0 Å². The third-order valence-electron chi connectivity index (χ3n) is 4.03. The summed E-state index contributed by atoms with van der Waals surface area (Å²) in [6.07, 6.45) is 1.11. The Kier molecular flexibility index (Phi) is 7.71. The molecule has 0 saturated heterocycles. The van der Waals surface area contributed by atoms with Gasteiger partial charge >= 0.3 is 6.29 Å². The normalized spacial score (nSPS) is 12.6. The molecular weight excluding hydrogens is 413 g/mol. The number of pyridine rings is 1. The highest BCUT2D eigenvalue weighted by Crippen LogP contribution is 2.35. The highest BCUT2D eigenvalue weighted by Gasteiger charge is 2.23. The van der Waals surface area contributed by atoms with Crippen molar-refractivity contribution in [2.75, 3.05) is 18.6 Å². The molecule has 0 N–H and O–H groups in total. The first-order chi connectivity index (χ1) is 13.2. The van der Waals surface area contributed by atoms with E-state index < -0.39 is 6.29 Å². The van der Waals surface area contributed by atoms with Gasteiger partial charge in [-0.25, -0.2) is 4.79 Å². The predicted octanol–water partition coefficient (Wildman–Crippen LogP) is 5.81. The number of hydrogen-bond acceptors (Lipinski definition) is 4. The van der Waals surface area contributed by atoms with E-state index in [0.29, 0.717) is 45.3 Å². The number of aryl methyl sites for hydroxylation is 1. The number of rotatable bonds is 5. The van der Waals surface area contributed by atoms with Crippen LogP contribution in [0.3, 0.4) is 0 Å². The van der Waals surface area contributed by atoms with Crippen LogP contribution in [0.1, 0.15) is 28.9 Å². The quantitative estimate of drug-likeness (QED) is 0.561. The van der Waals surface area contributed by atoms with Gasteiger partial charge in [0.05, 0.1) is 28.0 Å². The number of anilines is 1. The molecule has 1 amide bonds. The first-order valence-electron chi connectivity index (χ1n) is 8.37. The van der Waals surface area contributed by atoms with Crippen LogP contribution in [0.15, 0.2) is 30.5 Å². The van der Waals surface area contributed by atoms with Gasteiger partial charge in [0.2, 0.25) is 0 Å². The number of carbonyl (C=O) groups excluding carboxylic acids is 2. The molecule has 5 nitrogen and oxygen atoms in total. The molecule has 3 rings (SSSR count). The molecule has 0 unspecified atom stereocenters. The van der Waals surface area contributed by atoms with E-state index in [-0.39, 0.29) is 5.91 Å². The number of amides is 1. The molecule has 1 aromatic heterocycles. The number of carbonyl (C=O) groups is 2. The van der Waals surface area contributed by atoms with E-state index >= 15 is 0 Å². The zero-order chi connectivity index (χ0) is 20.8. The largest absolute Gasteiger partial charge is 0.493 e. The molecule has 0 radical (unpaired) electrons. The monoisotopic (exact) mass is 430 g/mol.